The van der Waals surface area contributed by atoms with Gasteiger partial charge in [0.25, 0.3) is 0 Å². The molecule has 0 unspecified atom stereocenters. The van der Waals surface area contributed by atoms with Crippen molar-refractivity contribution in [3.63, 3.8) is 0 Å². The first kappa shape index (κ1) is 21.7. The molecule has 0 spiro atoms. The third-order valence-electron chi connectivity index (χ3n) is 4.92. The van der Waals surface area contributed by atoms with Gasteiger partial charge in [-0.1, -0.05) is 48.6 Å². The lowest BCUT2D eigenvalue weighted by molar-refractivity contribution is -0.128. The Balaban J connectivity index is 1.51. The van der Waals surface area contributed by atoms with Crippen molar-refractivity contribution in [2.45, 2.75) is 44.1 Å². The van der Waals surface area contributed by atoms with Gasteiger partial charge in [-0.05, 0) is 24.6 Å². The molecule has 158 valence electrons. The largest absolute Gasteiger partial charge is 0.394 e. The molecule has 0 aliphatic carbocycles. The number of aromatic nitrogens is 1. The number of carbonyl (C=O) groups excluding carboxylic acids is 2. The monoisotopic (exact) mass is 409 g/mol. The van der Waals surface area contributed by atoms with E-state index in [4.69, 9.17) is 4.74 Å². The van der Waals surface area contributed by atoms with Crippen molar-refractivity contribution in [2.75, 3.05) is 6.61 Å². The molecule has 1 aliphatic rings. The van der Waals surface area contributed by atoms with E-state index in [2.05, 4.69) is 15.6 Å². The third-order valence-corrected chi connectivity index (χ3v) is 4.92. The highest BCUT2D eigenvalue weighted by molar-refractivity contribution is 5.79. The Hall–Kier alpha value is -3.03. The summed E-state index contributed by atoms with van der Waals surface area (Å²) in [6.45, 7) is 1.66. The molecule has 2 amide bonds. The summed E-state index contributed by atoms with van der Waals surface area (Å²) in [5.41, 5.74) is 1.69. The molecule has 2 aromatic rings. The lowest BCUT2D eigenvalue weighted by atomic mass is 10.0. The fraction of sp³-hybridized carbons (Fsp3) is 0.348. The highest BCUT2D eigenvalue weighted by atomic mass is 16.5. The summed E-state index contributed by atoms with van der Waals surface area (Å²) < 4.78 is 5.83. The van der Waals surface area contributed by atoms with Crippen LogP contribution in [0.25, 0.3) is 0 Å². The van der Waals surface area contributed by atoms with Gasteiger partial charge in [0.15, 0.2) is 0 Å². The highest BCUT2D eigenvalue weighted by Gasteiger charge is 2.29. The second-order valence-electron chi connectivity index (χ2n) is 7.28. The van der Waals surface area contributed by atoms with Gasteiger partial charge < -0.3 is 20.5 Å². The molecule has 1 aliphatic heterocycles. The summed E-state index contributed by atoms with van der Waals surface area (Å²) in [7, 11) is 0. The number of amides is 2. The first-order valence-electron chi connectivity index (χ1n) is 10.0. The van der Waals surface area contributed by atoms with Gasteiger partial charge in [0.05, 0.1) is 37.6 Å². The summed E-state index contributed by atoms with van der Waals surface area (Å²) in [4.78, 5) is 28.8. The minimum Gasteiger partial charge on any atom is -0.394 e. The van der Waals surface area contributed by atoms with Crippen LogP contribution < -0.4 is 10.6 Å². The minimum absolute atomic E-state index is 0.112. The molecule has 0 radical (unpaired) electrons. The van der Waals surface area contributed by atoms with Crippen molar-refractivity contribution in [3.8, 4) is 0 Å². The molecule has 0 saturated carbocycles. The van der Waals surface area contributed by atoms with Crippen LogP contribution in [-0.2, 0) is 20.7 Å². The number of carbonyl (C=O) groups is 2. The molecule has 0 fully saturated rings. The van der Waals surface area contributed by atoms with Crippen LogP contribution in [-0.4, -0.2) is 46.8 Å². The van der Waals surface area contributed by atoms with E-state index in [0.717, 1.165) is 5.56 Å². The summed E-state index contributed by atoms with van der Waals surface area (Å²) in [5, 5.41) is 15.5. The Kier molecular flexibility index (Phi) is 7.70. The Morgan fingerprint density at radius 3 is 2.57 bits per heavy atom. The van der Waals surface area contributed by atoms with Gasteiger partial charge in [-0.15, -0.1) is 0 Å². The number of aliphatic hydroxyl groups is 1. The molecule has 1 aromatic carbocycles. The molecule has 1 aromatic heterocycles. The highest BCUT2D eigenvalue weighted by Crippen LogP contribution is 2.17. The van der Waals surface area contributed by atoms with E-state index in [9.17, 15) is 14.7 Å². The average molecular weight is 409 g/mol. The van der Waals surface area contributed by atoms with Crippen molar-refractivity contribution in [1.29, 1.82) is 0 Å². The van der Waals surface area contributed by atoms with Gasteiger partial charge in [-0.3, -0.25) is 14.6 Å². The maximum Gasteiger partial charge on any atom is 0.226 e. The number of nitrogens with one attached hydrogen (secondary N) is 2. The van der Waals surface area contributed by atoms with Crippen LogP contribution in [0.4, 0.5) is 0 Å². The van der Waals surface area contributed by atoms with Gasteiger partial charge in [0.2, 0.25) is 11.8 Å². The molecule has 3 N–H and O–H groups in total. The molecular weight excluding hydrogens is 382 g/mol. The van der Waals surface area contributed by atoms with Gasteiger partial charge in [0, 0.05) is 11.9 Å². The second kappa shape index (κ2) is 10.7. The Morgan fingerprint density at radius 2 is 1.87 bits per heavy atom. The minimum atomic E-state index is -0.618. The van der Waals surface area contributed by atoms with Gasteiger partial charge in [-0.2, -0.15) is 0 Å². The molecule has 30 heavy (non-hydrogen) atoms. The van der Waals surface area contributed by atoms with Crippen LogP contribution >= 0.6 is 0 Å². The topological polar surface area (TPSA) is 101 Å². The second-order valence-corrected chi connectivity index (χ2v) is 7.28. The van der Waals surface area contributed by atoms with Crippen LogP contribution in [0, 0.1) is 0 Å². The van der Waals surface area contributed by atoms with Crippen molar-refractivity contribution in [1.82, 2.24) is 15.6 Å². The van der Waals surface area contributed by atoms with E-state index in [1.807, 2.05) is 43.3 Å². The maximum atomic E-state index is 12.4. The molecule has 0 saturated heterocycles. The molecule has 0 bridgehead atoms. The molecule has 7 nitrogen and oxygen atoms in total. The van der Waals surface area contributed by atoms with Crippen LogP contribution in [0.5, 0.6) is 0 Å². The summed E-state index contributed by atoms with van der Waals surface area (Å²) in [5.74, 6) is -0.353. The standard InChI is InChI=1S/C23H27N3O4/c1-16(17-7-3-2-4-8-17)25-23(29)14-19-10-11-20(21(15-27)30-19)26-22(28)13-18-9-5-6-12-24-18/h2-12,16,19-21,27H,13-15H2,1H3,(H,25,29)(H,26,28)/t16-,19-,20+,21+/m1/s1. The van der Waals surface area contributed by atoms with Crippen LogP contribution in [0.15, 0.2) is 66.9 Å². The fourth-order valence-electron chi connectivity index (χ4n) is 3.35. The van der Waals surface area contributed by atoms with E-state index < -0.39 is 18.2 Å². The third kappa shape index (κ3) is 6.23. The lowest BCUT2D eigenvalue weighted by Crippen LogP contribution is -2.49. The van der Waals surface area contributed by atoms with Crippen LogP contribution in [0.3, 0.4) is 0 Å². The number of hydrogen-bond donors (Lipinski definition) is 3. The summed E-state index contributed by atoms with van der Waals surface area (Å²) >= 11 is 0. The SMILES string of the molecule is C[C@@H](NC(=O)C[C@H]1C=C[C@H](NC(=O)Cc2ccccn2)[C@H](CO)O1)c1ccccc1. The van der Waals surface area contributed by atoms with Crippen molar-refractivity contribution in [2.24, 2.45) is 0 Å². The van der Waals surface area contributed by atoms with E-state index in [1.165, 1.54) is 0 Å². The molecule has 3 rings (SSSR count). The molecule has 2 heterocycles. The number of benzene rings is 1. The average Bonchev–Trinajstić information content (AvgIpc) is 2.76. The Bertz CT molecular complexity index is 857. The molecular formula is C23H27N3O4. The zero-order valence-corrected chi connectivity index (χ0v) is 16.9. The summed E-state index contributed by atoms with van der Waals surface area (Å²) in [6.07, 6.45) is 4.37. The number of aliphatic hydroxyl groups excluding tert-OH is 1. The fourth-order valence-corrected chi connectivity index (χ4v) is 3.35. The van der Waals surface area contributed by atoms with E-state index in [-0.39, 0.29) is 37.3 Å². The van der Waals surface area contributed by atoms with Crippen molar-refractivity contribution >= 4 is 11.8 Å². The van der Waals surface area contributed by atoms with Gasteiger partial charge >= 0.3 is 0 Å². The normalized spacial score (nSPS) is 21.6. The van der Waals surface area contributed by atoms with Crippen LogP contribution in [0.2, 0.25) is 0 Å². The van der Waals surface area contributed by atoms with E-state index in [1.54, 1.807) is 30.5 Å². The van der Waals surface area contributed by atoms with Crippen LogP contribution in [0.1, 0.15) is 30.6 Å². The smallest absolute Gasteiger partial charge is 0.226 e. The number of nitrogens with zero attached hydrogens (tertiary/aromatic N) is 1. The van der Waals surface area contributed by atoms with Crippen molar-refractivity contribution in [3.05, 3.63) is 78.1 Å². The first-order chi connectivity index (χ1) is 14.5. The van der Waals surface area contributed by atoms with Gasteiger partial charge in [-0.25, -0.2) is 0 Å². The zero-order chi connectivity index (χ0) is 21.3. The lowest BCUT2D eigenvalue weighted by Gasteiger charge is -2.31. The predicted molar refractivity (Wildman–Crippen MR) is 112 cm³/mol. The quantitative estimate of drug-likeness (QED) is 0.576. The maximum absolute atomic E-state index is 12.4. The Labute approximate surface area is 176 Å². The first-order valence-corrected chi connectivity index (χ1v) is 10.0. The molecule has 4 atom stereocenters. The van der Waals surface area contributed by atoms with E-state index in [0.29, 0.717) is 5.69 Å². The number of hydrogen-bond acceptors (Lipinski definition) is 5. The Morgan fingerprint density at radius 1 is 1.10 bits per heavy atom. The summed E-state index contributed by atoms with van der Waals surface area (Å²) in [6, 6.07) is 14.5. The number of pyridine rings is 1. The van der Waals surface area contributed by atoms with Crippen molar-refractivity contribution < 1.29 is 19.4 Å². The number of rotatable bonds is 8. The zero-order valence-electron chi connectivity index (χ0n) is 16.9. The number of ether oxygens (including phenoxy) is 1. The van der Waals surface area contributed by atoms with E-state index >= 15 is 0 Å². The molecule has 7 heteroatoms. The predicted octanol–water partition coefficient (Wildman–Crippen LogP) is 1.69. The van der Waals surface area contributed by atoms with Gasteiger partial charge in [0.1, 0.15) is 6.10 Å².